The van der Waals surface area contributed by atoms with Gasteiger partial charge < -0.3 is 14.7 Å². The Kier molecular flexibility index (Phi) is 5.18. The predicted octanol–water partition coefficient (Wildman–Crippen LogP) is 1.15. The highest BCUT2D eigenvalue weighted by Gasteiger charge is 2.32. The molecule has 1 aliphatic carbocycles. The van der Waals surface area contributed by atoms with E-state index < -0.39 is 0 Å². The van der Waals surface area contributed by atoms with Gasteiger partial charge in [-0.05, 0) is 36.5 Å². The number of carbonyl (C=O) groups is 1. The minimum absolute atomic E-state index is 0.178. The third kappa shape index (κ3) is 4.45. The summed E-state index contributed by atoms with van der Waals surface area (Å²) in [5, 5.41) is 10.0. The number of carbonyl (C=O) groups excluding carboxylic acids is 1. The number of rotatable bonds is 6. The van der Waals surface area contributed by atoms with E-state index in [1.165, 1.54) is 12.8 Å². The SMILES string of the molecule is COc1ccc(CC(=O)N2CCN(C[C@@H](O)C3CC3)CC2)cc1. The van der Waals surface area contributed by atoms with Gasteiger partial charge in [-0.25, -0.2) is 0 Å². The van der Waals surface area contributed by atoms with Gasteiger partial charge in [0.1, 0.15) is 5.75 Å². The fourth-order valence-corrected chi connectivity index (χ4v) is 3.10. The molecule has 1 saturated carbocycles. The van der Waals surface area contributed by atoms with Crippen molar-refractivity contribution < 1.29 is 14.6 Å². The van der Waals surface area contributed by atoms with Crippen molar-refractivity contribution in [2.24, 2.45) is 5.92 Å². The molecule has 0 bridgehead atoms. The molecule has 23 heavy (non-hydrogen) atoms. The minimum Gasteiger partial charge on any atom is -0.497 e. The molecule has 0 unspecified atom stereocenters. The average Bonchev–Trinajstić information content (AvgIpc) is 3.41. The van der Waals surface area contributed by atoms with Gasteiger partial charge in [0.25, 0.3) is 0 Å². The van der Waals surface area contributed by atoms with Crippen LogP contribution in [0.15, 0.2) is 24.3 Å². The first-order valence-electron chi connectivity index (χ1n) is 8.47. The summed E-state index contributed by atoms with van der Waals surface area (Å²) in [6.07, 6.45) is 2.59. The Morgan fingerprint density at radius 1 is 1.22 bits per heavy atom. The lowest BCUT2D eigenvalue weighted by Crippen LogP contribution is -2.51. The molecule has 1 aromatic rings. The number of benzene rings is 1. The molecule has 0 radical (unpaired) electrons. The Morgan fingerprint density at radius 3 is 2.43 bits per heavy atom. The summed E-state index contributed by atoms with van der Waals surface area (Å²) in [6.45, 7) is 3.99. The number of aliphatic hydroxyl groups is 1. The second-order valence-electron chi connectivity index (χ2n) is 6.61. The molecule has 1 aliphatic heterocycles. The number of hydrogen-bond donors (Lipinski definition) is 1. The van der Waals surface area contributed by atoms with E-state index in [0.29, 0.717) is 12.3 Å². The predicted molar refractivity (Wildman–Crippen MR) is 88.4 cm³/mol. The van der Waals surface area contributed by atoms with Crippen molar-refractivity contribution >= 4 is 5.91 Å². The van der Waals surface area contributed by atoms with E-state index in [4.69, 9.17) is 4.74 Å². The zero-order valence-corrected chi connectivity index (χ0v) is 13.8. The number of β-amino-alcohol motifs (C(OH)–C–C–N with tert-alkyl or cyclic N) is 1. The Bertz CT molecular complexity index is 520. The highest BCUT2D eigenvalue weighted by Crippen LogP contribution is 2.32. The smallest absolute Gasteiger partial charge is 0.227 e. The molecule has 5 heteroatoms. The number of nitrogens with zero attached hydrogens (tertiary/aromatic N) is 2. The summed E-state index contributed by atoms with van der Waals surface area (Å²) in [5.74, 6) is 1.51. The van der Waals surface area contributed by atoms with E-state index in [9.17, 15) is 9.90 Å². The van der Waals surface area contributed by atoms with Crippen LogP contribution < -0.4 is 4.74 Å². The molecule has 3 rings (SSSR count). The molecule has 1 amide bonds. The van der Waals surface area contributed by atoms with E-state index >= 15 is 0 Å². The van der Waals surface area contributed by atoms with Crippen LogP contribution in [0.1, 0.15) is 18.4 Å². The van der Waals surface area contributed by atoms with Crippen LogP contribution in [-0.4, -0.2) is 66.8 Å². The maximum absolute atomic E-state index is 12.4. The summed E-state index contributed by atoms with van der Waals surface area (Å²) in [6, 6.07) is 7.66. The lowest BCUT2D eigenvalue weighted by molar-refractivity contribution is -0.132. The summed E-state index contributed by atoms with van der Waals surface area (Å²) in [7, 11) is 1.64. The van der Waals surface area contributed by atoms with Gasteiger partial charge in [0.05, 0.1) is 19.6 Å². The molecule has 1 saturated heterocycles. The van der Waals surface area contributed by atoms with Crippen molar-refractivity contribution in [3.8, 4) is 5.75 Å². The first-order chi connectivity index (χ1) is 11.2. The van der Waals surface area contributed by atoms with Crippen molar-refractivity contribution in [2.45, 2.75) is 25.4 Å². The molecule has 2 aliphatic rings. The van der Waals surface area contributed by atoms with E-state index in [2.05, 4.69) is 4.90 Å². The zero-order valence-electron chi connectivity index (χ0n) is 13.8. The van der Waals surface area contributed by atoms with E-state index in [1.807, 2.05) is 29.2 Å². The van der Waals surface area contributed by atoms with Crippen LogP contribution in [0.3, 0.4) is 0 Å². The van der Waals surface area contributed by atoms with E-state index in [-0.39, 0.29) is 12.0 Å². The van der Waals surface area contributed by atoms with Gasteiger partial charge in [-0.15, -0.1) is 0 Å². The summed E-state index contributed by atoms with van der Waals surface area (Å²) < 4.78 is 5.13. The second kappa shape index (κ2) is 7.32. The lowest BCUT2D eigenvalue weighted by atomic mass is 10.1. The Balaban J connectivity index is 1.43. The Morgan fingerprint density at radius 2 is 1.87 bits per heavy atom. The second-order valence-corrected chi connectivity index (χ2v) is 6.61. The molecule has 1 atom stereocenters. The lowest BCUT2D eigenvalue weighted by Gasteiger charge is -2.35. The highest BCUT2D eigenvalue weighted by molar-refractivity contribution is 5.78. The number of ether oxygens (including phenoxy) is 1. The minimum atomic E-state index is -0.184. The Hall–Kier alpha value is -1.59. The van der Waals surface area contributed by atoms with Gasteiger partial charge in [-0.2, -0.15) is 0 Å². The van der Waals surface area contributed by atoms with Crippen LogP contribution >= 0.6 is 0 Å². The van der Waals surface area contributed by atoms with Gasteiger partial charge >= 0.3 is 0 Å². The molecule has 1 heterocycles. The third-order valence-corrected chi connectivity index (χ3v) is 4.85. The van der Waals surface area contributed by atoms with Crippen LogP contribution in [0.2, 0.25) is 0 Å². The van der Waals surface area contributed by atoms with E-state index in [0.717, 1.165) is 44.0 Å². The molecule has 0 aromatic heterocycles. The van der Waals surface area contributed by atoms with Crippen molar-refractivity contribution in [1.82, 2.24) is 9.80 Å². The van der Waals surface area contributed by atoms with Gasteiger partial charge in [0.15, 0.2) is 0 Å². The maximum atomic E-state index is 12.4. The molecular weight excluding hydrogens is 292 g/mol. The molecule has 5 nitrogen and oxygen atoms in total. The monoisotopic (exact) mass is 318 g/mol. The quantitative estimate of drug-likeness (QED) is 0.855. The van der Waals surface area contributed by atoms with Crippen LogP contribution in [0, 0.1) is 5.92 Å². The topological polar surface area (TPSA) is 53.0 Å². The molecule has 126 valence electrons. The largest absolute Gasteiger partial charge is 0.497 e. The number of methoxy groups -OCH3 is 1. The molecular formula is C18H26N2O3. The zero-order chi connectivity index (χ0) is 16.2. The summed E-state index contributed by atoms with van der Waals surface area (Å²) in [4.78, 5) is 16.6. The number of aliphatic hydroxyl groups excluding tert-OH is 1. The third-order valence-electron chi connectivity index (χ3n) is 4.85. The molecule has 2 fully saturated rings. The summed E-state index contributed by atoms with van der Waals surface area (Å²) in [5.41, 5.74) is 1.02. The Labute approximate surface area is 137 Å². The first kappa shape index (κ1) is 16.3. The number of piperazine rings is 1. The molecule has 1 aromatic carbocycles. The normalized spacial score (nSPS) is 20.3. The van der Waals surface area contributed by atoms with Crippen LogP contribution in [-0.2, 0) is 11.2 Å². The van der Waals surface area contributed by atoms with Gasteiger partial charge in [0.2, 0.25) is 5.91 Å². The van der Waals surface area contributed by atoms with Crippen molar-refractivity contribution in [2.75, 3.05) is 39.8 Å². The highest BCUT2D eigenvalue weighted by atomic mass is 16.5. The molecule has 0 spiro atoms. The van der Waals surface area contributed by atoms with Gasteiger partial charge in [-0.1, -0.05) is 12.1 Å². The van der Waals surface area contributed by atoms with Gasteiger partial charge in [0, 0.05) is 32.7 Å². The number of amides is 1. The summed E-state index contributed by atoms with van der Waals surface area (Å²) >= 11 is 0. The van der Waals surface area contributed by atoms with Crippen molar-refractivity contribution in [1.29, 1.82) is 0 Å². The first-order valence-corrected chi connectivity index (χ1v) is 8.47. The van der Waals surface area contributed by atoms with Crippen LogP contribution in [0.25, 0.3) is 0 Å². The fourth-order valence-electron chi connectivity index (χ4n) is 3.10. The van der Waals surface area contributed by atoms with Crippen LogP contribution in [0.4, 0.5) is 0 Å². The van der Waals surface area contributed by atoms with Crippen molar-refractivity contribution in [3.05, 3.63) is 29.8 Å². The number of hydrogen-bond acceptors (Lipinski definition) is 4. The van der Waals surface area contributed by atoms with E-state index in [1.54, 1.807) is 7.11 Å². The standard InChI is InChI=1S/C18H26N2O3/c1-23-16-6-2-14(3-7-16)12-18(22)20-10-8-19(9-11-20)13-17(21)15-4-5-15/h2-3,6-7,15,17,21H,4-5,8-13H2,1H3/t17-/m1/s1. The van der Waals surface area contributed by atoms with Gasteiger partial charge in [-0.3, -0.25) is 9.69 Å². The van der Waals surface area contributed by atoms with Crippen LogP contribution in [0.5, 0.6) is 5.75 Å². The van der Waals surface area contributed by atoms with Crippen molar-refractivity contribution in [3.63, 3.8) is 0 Å². The molecule has 1 N–H and O–H groups in total. The fraction of sp³-hybridized carbons (Fsp3) is 0.611. The average molecular weight is 318 g/mol. The maximum Gasteiger partial charge on any atom is 0.227 e.